The first-order valence-corrected chi connectivity index (χ1v) is 7.92. The van der Waals surface area contributed by atoms with Crippen LogP contribution in [0.4, 0.5) is 21.8 Å². The fourth-order valence-corrected chi connectivity index (χ4v) is 2.24. The standard InChI is InChI=1S/C18H18FN5O/c1-2-25-16-10-6-5-9-15(16)22-17-12-21-24-18(23-17)20-11-13-7-3-4-8-14(13)19/h3-10,12H,2,11H2,1H3,(H2,20,22,23,24). The number of benzene rings is 2. The summed E-state index contributed by atoms with van der Waals surface area (Å²) < 4.78 is 19.2. The Morgan fingerprint density at radius 1 is 1.08 bits per heavy atom. The van der Waals surface area contributed by atoms with Crippen LogP contribution in [0.1, 0.15) is 12.5 Å². The highest BCUT2D eigenvalue weighted by Crippen LogP contribution is 2.26. The van der Waals surface area contributed by atoms with Crippen LogP contribution in [0.25, 0.3) is 0 Å². The molecule has 25 heavy (non-hydrogen) atoms. The van der Waals surface area contributed by atoms with Gasteiger partial charge >= 0.3 is 0 Å². The van der Waals surface area contributed by atoms with Crippen molar-refractivity contribution in [1.82, 2.24) is 15.2 Å². The van der Waals surface area contributed by atoms with E-state index in [0.717, 1.165) is 11.4 Å². The first-order chi connectivity index (χ1) is 12.3. The summed E-state index contributed by atoms with van der Waals surface area (Å²) in [7, 11) is 0. The Labute approximate surface area is 145 Å². The molecule has 0 fully saturated rings. The maximum atomic E-state index is 13.7. The summed E-state index contributed by atoms with van der Waals surface area (Å²) in [6.45, 7) is 2.76. The van der Waals surface area contributed by atoms with Gasteiger partial charge in [0, 0.05) is 12.1 Å². The highest BCUT2D eigenvalue weighted by atomic mass is 19.1. The van der Waals surface area contributed by atoms with E-state index in [1.54, 1.807) is 18.2 Å². The van der Waals surface area contributed by atoms with Gasteiger partial charge in [0.2, 0.25) is 5.95 Å². The highest BCUT2D eigenvalue weighted by Gasteiger charge is 2.06. The maximum absolute atomic E-state index is 13.7. The van der Waals surface area contributed by atoms with Crippen LogP contribution < -0.4 is 15.4 Å². The van der Waals surface area contributed by atoms with Gasteiger partial charge in [0.1, 0.15) is 11.6 Å². The molecule has 3 aromatic rings. The van der Waals surface area contributed by atoms with Crippen LogP contribution in [-0.4, -0.2) is 21.8 Å². The van der Waals surface area contributed by atoms with Crippen LogP contribution in [0, 0.1) is 5.82 Å². The summed E-state index contributed by atoms with van der Waals surface area (Å²) in [5, 5.41) is 14.0. The largest absolute Gasteiger partial charge is 0.492 e. The van der Waals surface area contributed by atoms with Gasteiger partial charge in [0.05, 0.1) is 18.5 Å². The van der Waals surface area contributed by atoms with Gasteiger partial charge in [-0.2, -0.15) is 10.1 Å². The molecule has 0 aliphatic carbocycles. The van der Waals surface area contributed by atoms with E-state index in [1.807, 2.05) is 31.2 Å². The summed E-state index contributed by atoms with van der Waals surface area (Å²) in [6.07, 6.45) is 1.51. The number of hydrogen-bond acceptors (Lipinski definition) is 6. The molecule has 0 aliphatic heterocycles. The van der Waals surface area contributed by atoms with Crippen molar-refractivity contribution in [3.63, 3.8) is 0 Å². The van der Waals surface area contributed by atoms with Crippen molar-refractivity contribution in [1.29, 1.82) is 0 Å². The van der Waals surface area contributed by atoms with Crippen LogP contribution in [0.5, 0.6) is 5.75 Å². The molecule has 0 radical (unpaired) electrons. The summed E-state index contributed by atoms with van der Waals surface area (Å²) in [6, 6.07) is 14.1. The molecule has 3 rings (SSSR count). The third-order valence-electron chi connectivity index (χ3n) is 3.40. The number of halogens is 1. The van der Waals surface area contributed by atoms with Gasteiger partial charge in [-0.15, -0.1) is 5.10 Å². The fourth-order valence-electron chi connectivity index (χ4n) is 2.24. The molecule has 0 bridgehead atoms. The number of rotatable bonds is 7. The minimum absolute atomic E-state index is 0.271. The number of ether oxygens (including phenoxy) is 1. The van der Waals surface area contributed by atoms with Gasteiger partial charge in [-0.25, -0.2) is 4.39 Å². The molecule has 0 aliphatic rings. The van der Waals surface area contributed by atoms with Crippen molar-refractivity contribution in [2.24, 2.45) is 0 Å². The van der Waals surface area contributed by atoms with Crippen LogP contribution in [0.3, 0.4) is 0 Å². The number of nitrogens with one attached hydrogen (secondary N) is 2. The minimum Gasteiger partial charge on any atom is -0.492 e. The lowest BCUT2D eigenvalue weighted by atomic mass is 10.2. The second-order valence-electron chi connectivity index (χ2n) is 5.16. The van der Waals surface area contributed by atoms with Crippen LogP contribution in [-0.2, 0) is 6.54 Å². The molecule has 0 saturated heterocycles. The van der Waals surface area contributed by atoms with Crippen molar-refractivity contribution in [3.05, 3.63) is 66.1 Å². The third-order valence-corrected chi connectivity index (χ3v) is 3.40. The van der Waals surface area contributed by atoms with Crippen molar-refractivity contribution >= 4 is 17.5 Å². The van der Waals surface area contributed by atoms with Crippen molar-refractivity contribution in [3.8, 4) is 5.75 Å². The van der Waals surface area contributed by atoms with Gasteiger partial charge in [-0.3, -0.25) is 0 Å². The topological polar surface area (TPSA) is 72.0 Å². The molecule has 7 heteroatoms. The summed E-state index contributed by atoms with van der Waals surface area (Å²) in [5.74, 6) is 1.27. The van der Waals surface area contributed by atoms with Gasteiger partial charge in [0.25, 0.3) is 0 Å². The van der Waals surface area contributed by atoms with E-state index in [1.165, 1.54) is 12.3 Å². The predicted molar refractivity (Wildman–Crippen MR) is 94.4 cm³/mol. The lowest BCUT2D eigenvalue weighted by molar-refractivity contribution is 0.342. The highest BCUT2D eigenvalue weighted by molar-refractivity contribution is 5.63. The molecular formula is C18H18FN5O. The molecular weight excluding hydrogens is 321 g/mol. The number of para-hydroxylation sites is 2. The molecule has 0 spiro atoms. The minimum atomic E-state index is -0.275. The molecule has 128 valence electrons. The normalized spacial score (nSPS) is 10.3. The van der Waals surface area contributed by atoms with E-state index in [2.05, 4.69) is 25.8 Å². The van der Waals surface area contributed by atoms with E-state index in [-0.39, 0.29) is 12.4 Å². The SMILES string of the molecule is CCOc1ccccc1Nc1cnnc(NCc2ccccc2F)n1. The first kappa shape index (κ1) is 16.6. The Kier molecular flexibility index (Phi) is 5.36. The molecule has 0 atom stereocenters. The average Bonchev–Trinajstić information content (AvgIpc) is 2.63. The second-order valence-corrected chi connectivity index (χ2v) is 5.16. The quantitative estimate of drug-likeness (QED) is 0.683. The first-order valence-electron chi connectivity index (χ1n) is 7.92. The molecule has 2 N–H and O–H groups in total. The van der Waals surface area contributed by atoms with E-state index >= 15 is 0 Å². The van der Waals surface area contributed by atoms with Gasteiger partial charge in [-0.05, 0) is 25.1 Å². The van der Waals surface area contributed by atoms with Gasteiger partial charge < -0.3 is 15.4 Å². The van der Waals surface area contributed by atoms with Crippen molar-refractivity contribution in [2.75, 3.05) is 17.2 Å². The number of nitrogens with zero attached hydrogens (tertiary/aromatic N) is 3. The molecule has 1 aromatic heterocycles. The summed E-state index contributed by atoms with van der Waals surface area (Å²) in [5.41, 5.74) is 1.32. The zero-order valence-corrected chi connectivity index (χ0v) is 13.7. The fraction of sp³-hybridized carbons (Fsp3) is 0.167. The second kappa shape index (κ2) is 8.05. The molecule has 6 nitrogen and oxygen atoms in total. The lowest BCUT2D eigenvalue weighted by Gasteiger charge is -2.12. The Bertz CT molecular complexity index is 843. The van der Waals surface area contributed by atoms with E-state index in [4.69, 9.17) is 4.74 Å². The Balaban J connectivity index is 1.71. The maximum Gasteiger partial charge on any atom is 0.244 e. The Hall–Kier alpha value is -3.22. The van der Waals surface area contributed by atoms with E-state index in [0.29, 0.717) is 23.9 Å². The lowest BCUT2D eigenvalue weighted by Crippen LogP contribution is -2.07. The zero-order valence-electron chi connectivity index (χ0n) is 13.7. The molecule has 2 aromatic carbocycles. The smallest absolute Gasteiger partial charge is 0.244 e. The summed E-state index contributed by atoms with van der Waals surface area (Å²) >= 11 is 0. The number of anilines is 3. The monoisotopic (exact) mass is 339 g/mol. The van der Waals surface area contributed by atoms with E-state index < -0.39 is 0 Å². The molecule has 0 amide bonds. The zero-order chi connectivity index (χ0) is 17.5. The van der Waals surface area contributed by atoms with E-state index in [9.17, 15) is 4.39 Å². The van der Waals surface area contributed by atoms with Crippen LogP contribution in [0.15, 0.2) is 54.7 Å². The molecule has 0 saturated carbocycles. The third kappa shape index (κ3) is 4.41. The molecule has 0 unspecified atom stereocenters. The van der Waals surface area contributed by atoms with Crippen molar-refractivity contribution in [2.45, 2.75) is 13.5 Å². The van der Waals surface area contributed by atoms with Gasteiger partial charge in [-0.1, -0.05) is 30.3 Å². The Morgan fingerprint density at radius 3 is 2.72 bits per heavy atom. The molecule has 1 heterocycles. The number of aromatic nitrogens is 3. The van der Waals surface area contributed by atoms with Crippen LogP contribution in [0.2, 0.25) is 0 Å². The number of hydrogen-bond donors (Lipinski definition) is 2. The Morgan fingerprint density at radius 2 is 1.88 bits per heavy atom. The average molecular weight is 339 g/mol. The summed E-state index contributed by atoms with van der Waals surface area (Å²) in [4.78, 5) is 4.34. The van der Waals surface area contributed by atoms with Crippen LogP contribution >= 0.6 is 0 Å². The van der Waals surface area contributed by atoms with Gasteiger partial charge in [0.15, 0.2) is 5.82 Å². The van der Waals surface area contributed by atoms with Crippen molar-refractivity contribution < 1.29 is 9.13 Å². The predicted octanol–water partition coefficient (Wildman–Crippen LogP) is 3.77.